The maximum atomic E-state index is 4.55. The molecular formula is C10H22S3. The van der Waals surface area contributed by atoms with Crippen molar-refractivity contribution in [1.29, 1.82) is 0 Å². The van der Waals surface area contributed by atoms with Gasteiger partial charge in [0.1, 0.15) is 0 Å². The molecule has 0 heterocycles. The molecule has 80 valence electrons. The molecule has 0 nitrogen and oxygen atoms in total. The zero-order chi connectivity index (χ0) is 10.3. The summed E-state index contributed by atoms with van der Waals surface area (Å²) in [5.74, 6) is 0. The van der Waals surface area contributed by atoms with Crippen molar-refractivity contribution in [2.45, 2.75) is 61.7 Å². The number of thiol groups is 3. The largest absolute Gasteiger partial charge is 0.176 e. The molecule has 0 aliphatic heterocycles. The van der Waals surface area contributed by atoms with E-state index in [9.17, 15) is 0 Å². The highest BCUT2D eigenvalue weighted by molar-refractivity contribution is 7.81. The van der Waals surface area contributed by atoms with Gasteiger partial charge in [0, 0.05) is 10.5 Å². The predicted octanol–water partition coefficient (Wildman–Crippen LogP) is 3.87. The molecule has 0 bridgehead atoms. The zero-order valence-corrected chi connectivity index (χ0v) is 11.3. The molecule has 0 fully saturated rings. The van der Waals surface area contributed by atoms with Crippen LogP contribution in [-0.2, 0) is 0 Å². The number of hydrogen-bond donors (Lipinski definition) is 3. The summed E-state index contributed by atoms with van der Waals surface area (Å²) in [5, 5.41) is 1.60. The highest BCUT2D eigenvalue weighted by Gasteiger charge is 2.07. The summed E-state index contributed by atoms with van der Waals surface area (Å²) < 4.78 is 0. The molecule has 3 atom stereocenters. The van der Waals surface area contributed by atoms with Crippen LogP contribution in [0.1, 0.15) is 46.0 Å². The van der Waals surface area contributed by atoms with Crippen molar-refractivity contribution >= 4 is 37.9 Å². The fourth-order valence-corrected chi connectivity index (χ4v) is 1.76. The van der Waals surface area contributed by atoms with E-state index in [-0.39, 0.29) is 0 Å². The smallest absolute Gasteiger partial charge is 0.00176 e. The van der Waals surface area contributed by atoms with Crippen LogP contribution in [0.3, 0.4) is 0 Å². The van der Waals surface area contributed by atoms with E-state index in [1.165, 1.54) is 25.7 Å². The summed E-state index contributed by atoms with van der Waals surface area (Å²) in [6, 6.07) is 0. The van der Waals surface area contributed by atoms with Crippen LogP contribution < -0.4 is 0 Å². The van der Waals surface area contributed by atoms with Gasteiger partial charge in [0.15, 0.2) is 0 Å². The minimum Gasteiger partial charge on any atom is -0.176 e. The standard InChI is InChI=1S/C10H22S3/c1-3-9(12)6-7-10(13)5-4-8(2)11/h8-13H,3-7H2,1-2H3. The highest BCUT2D eigenvalue weighted by atomic mass is 32.1. The Hall–Kier alpha value is 1.05. The molecule has 0 radical (unpaired) electrons. The molecule has 0 aliphatic carbocycles. The molecule has 3 unspecified atom stereocenters. The Balaban J connectivity index is 3.34. The van der Waals surface area contributed by atoms with E-state index in [4.69, 9.17) is 0 Å². The van der Waals surface area contributed by atoms with E-state index in [1.807, 2.05) is 0 Å². The zero-order valence-electron chi connectivity index (χ0n) is 8.61. The monoisotopic (exact) mass is 238 g/mol. The van der Waals surface area contributed by atoms with Gasteiger partial charge in [0.05, 0.1) is 0 Å². The molecule has 0 rings (SSSR count). The van der Waals surface area contributed by atoms with Gasteiger partial charge in [-0.25, -0.2) is 0 Å². The maximum absolute atomic E-state index is 4.55. The molecule has 0 aromatic rings. The topological polar surface area (TPSA) is 0 Å². The van der Waals surface area contributed by atoms with Crippen molar-refractivity contribution in [1.82, 2.24) is 0 Å². The lowest BCUT2D eigenvalue weighted by Crippen LogP contribution is -2.06. The van der Waals surface area contributed by atoms with Crippen LogP contribution in [0.25, 0.3) is 0 Å². The molecule has 0 saturated carbocycles. The van der Waals surface area contributed by atoms with Crippen LogP contribution in [0, 0.1) is 0 Å². The fourth-order valence-electron chi connectivity index (χ4n) is 1.17. The summed E-state index contributed by atoms with van der Waals surface area (Å²) in [6.45, 7) is 4.32. The molecule has 0 N–H and O–H groups in total. The second-order valence-electron chi connectivity index (χ2n) is 3.72. The molecule has 0 aromatic heterocycles. The normalized spacial score (nSPS) is 18.2. The first kappa shape index (κ1) is 14.1. The quantitative estimate of drug-likeness (QED) is 0.551. The predicted molar refractivity (Wildman–Crippen MR) is 72.8 cm³/mol. The summed E-state index contributed by atoms with van der Waals surface area (Å²) >= 11 is 13.4. The molecule has 0 spiro atoms. The molecule has 0 aliphatic rings. The third-order valence-electron chi connectivity index (χ3n) is 2.22. The maximum Gasteiger partial charge on any atom is 0.00176 e. The first-order valence-electron chi connectivity index (χ1n) is 5.10. The van der Waals surface area contributed by atoms with Gasteiger partial charge < -0.3 is 0 Å². The highest BCUT2D eigenvalue weighted by Crippen LogP contribution is 2.18. The second-order valence-corrected chi connectivity index (χ2v) is 6.06. The molecular weight excluding hydrogens is 216 g/mol. The van der Waals surface area contributed by atoms with Crippen LogP contribution in [0.5, 0.6) is 0 Å². The molecule has 13 heavy (non-hydrogen) atoms. The molecule has 0 aromatic carbocycles. The van der Waals surface area contributed by atoms with Crippen molar-refractivity contribution in [2.24, 2.45) is 0 Å². The van der Waals surface area contributed by atoms with Crippen LogP contribution in [0.2, 0.25) is 0 Å². The number of hydrogen-bond acceptors (Lipinski definition) is 3. The average Bonchev–Trinajstić information content (AvgIpc) is 2.10. The SMILES string of the molecule is CCC(S)CCC(S)CCC(C)S. The van der Waals surface area contributed by atoms with E-state index in [0.29, 0.717) is 15.7 Å². The minimum absolute atomic E-state index is 0.507. The second kappa shape index (κ2) is 8.37. The summed E-state index contributed by atoms with van der Waals surface area (Å²) in [5.41, 5.74) is 0. The van der Waals surface area contributed by atoms with E-state index in [1.54, 1.807) is 0 Å². The van der Waals surface area contributed by atoms with Crippen molar-refractivity contribution < 1.29 is 0 Å². The molecule has 0 saturated heterocycles. The Kier molecular flexibility index (Phi) is 9.04. The molecule has 0 amide bonds. The lowest BCUT2D eigenvalue weighted by molar-refractivity contribution is 0.613. The average molecular weight is 238 g/mol. The summed E-state index contributed by atoms with van der Waals surface area (Å²) in [6.07, 6.45) is 5.88. The molecule has 3 heteroatoms. The van der Waals surface area contributed by atoms with Crippen molar-refractivity contribution in [3.63, 3.8) is 0 Å². The van der Waals surface area contributed by atoms with E-state index in [0.717, 1.165) is 6.42 Å². The minimum atomic E-state index is 0.507. The third kappa shape index (κ3) is 9.36. The van der Waals surface area contributed by atoms with Gasteiger partial charge in [-0.3, -0.25) is 0 Å². The van der Waals surface area contributed by atoms with Gasteiger partial charge in [-0.2, -0.15) is 37.9 Å². The first-order valence-corrected chi connectivity index (χ1v) is 6.65. The lowest BCUT2D eigenvalue weighted by atomic mass is 10.1. The van der Waals surface area contributed by atoms with Crippen LogP contribution in [0.15, 0.2) is 0 Å². The summed E-state index contributed by atoms with van der Waals surface area (Å²) in [7, 11) is 0. The van der Waals surface area contributed by atoms with Gasteiger partial charge in [0.25, 0.3) is 0 Å². The van der Waals surface area contributed by atoms with Crippen molar-refractivity contribution in [2.75, 3.05) is 0 Å². The number of rotatable bonds is 7. The van der Waals surface area contributed by atoms with Crippen molar-refractivity contribution in [3.8, 4) is 0 Å². The van der Waals surface area contributed by atoms with Gasteiger partial charge in [0.2, 0.25) is 0 Å². The first-order chi connectivity index (χ1) is 6.06. The Morgan fingerprint density at radius 2 is 1.31 bits per heavy atom. The Morgan fingerprint density at radius 3 is 1.77 bits per heavy atom. The Morgan fingerprint density at radius 1 is 0.846 bits per heavy atom. The van der Waals surface area contributed by atoms with Crippen LogP contribution >= 0.6 is 37.9 Å². The summed E-state index contributed by atoms with van der Waals surface area (Å²) in [4.78, 5) is 0. The van der Waals surface area contributed by atoms with Gasteiger partial charge in [-0.05, 0) is 37.4 Å². The third-order valence-corrected chi connectivity index (χ3v) is 3.62. The van der Waals surface area contributed by atoms with Gasteiger partial charge in [-0.1, -0.05) is 13.8 Å². The Bertz CT molecular complexity index is 115. The van der Waals surface area contributed by atoms with Gasteiger partial charge >= 0.3 is 0 Å². The van der Waals surface area contributed by atoms with Gasteiger partial charge in [-0.15, -0.1) is 0 Å². The van der Waals surface area contributed by atoms with E-state index >= 15 is 0 Å². The van der Waals surface area contributed by atoms with E-state index in [2.05, 4.69) is 51.7 Å². The lowest BCUT2D eigenvalue weighted by Gasteiger charge is -2.13. The van der Waals surface area contributed by atoms with Crippen molar-refractivity contribution in [3.05, 3.63) is 0 Å². The fraction of sp³-hybridized carbons (Fsp3) is 1.00. The van der Waals surface area contributed by atoms with Crippen LogP contribution in [0.4, 0.5) is 0 Å². The van der Waals surface area contributed by atoms with E-state index < -0.39 is 0 Å². The Labute approximate surface area is 99.5 Å². The van der Waals surface area contributed by atoms with Crippen LogP contribution in [-0.4, -0.2) is 15.7 Å².